The normalized spacial score (nSPS) is 15.7. The van der Waals surface area contributed by atoms with Crippen molar-refractivity contribution in [2.24, 2.45) is 5.92 Å². The van der Waals surface area contributed by atoms with Crippen molar-refractivity contribution in [3.8, 4) is 5.69 Å². The molecule has 2 aromatic rings. The van der Waals surface area contributed by atoms with E-state index in [0.29, 0.717) is 5.69 Å². The molecule has 1 aliphatic rings. The molecule has 3 rings (SSSR count). The molecular weight excluding hydrogens is 288 g/mol. The summed E-state index contributed by atoms with van der Waals surface area (Å²) in [5.41, 5.74) is 0.802. The smallest absolute Gasteiger partial charge is 0.227 e. The highest BCUT2D eigenvalue weighted by atomic mass is 19.1. The third-order valence-electron chi connectivity index (χ3n) is 3.94. The Morgan fingerprint density at radius 1 is 1.14 bits per heavy atom. The average Bonchev–Trinajstić information content (AvgIpc) is 2.96. The molecule has 1 N–H and O–H groups in total. The molecule has 0 bridgehead atoms. The minimum Gasteiger partial charge on any atom is -0.323 e. The number of hydrogen-bond donors (Lipinski definition) is 1. The number of hydrogen-bond acceptors (Lipinski definition) is 2. The Labute approximate surface area is 127 Å². The summed E-state index contributed by atoms with van der Waals surface area (Å²) in [5, 5.41) is 6.86. The van der Waals surface area contributed by atoms with Gasteiger partial charge in [-0.05, 0) is 25.0 Å². The maximum absolute atomic E-state index is 13.2. The molecule has 1 aromatic heterocycles. The Bertz CT molecular complexity index is 658. The van der Waals surface area contributed by atoms with Crippen LogP contribution in [0, 0.1) is 17.6 Å². The van der Waals surface area contributed by atoms with Gasteiger partial charge in [0.1, 0.15) is 11.6 Å². The van der Waals surface area contributed by atoms with Crippen molar-refractivity contribution >= 4 is 11.6 Å². The molecule has 6 heteroatoms. The van der Waals surface area contributed by atoms with E-state index in [2.05, 4.69) is 10.4 Å². The molecule has 1 aromatic carbocycles. The van der Waals surface area contributed by atoms with Crippen molar-refractivity contribution in [3.63, 3.8) is 0 Å². The number of rotatable bonds is 3. The lowest BCUT2D eigenvalue weighted by molar-refractivity contribution is -0.120. The number of aromatic nitrogens is 2. The monoisotopic (exact) mass is 305 g/mol. The van der Waals surface area contributed by atoms with Crippen LogP contribution in [0.2, 0.25) is 0 Å². The van der Waals surface area contributed by atoms with Gasteiger partial charge in [0.25, 0.3) is 0 Å². The molecule has 1 fully saturated rings. The van der Waals surface area contributed by atoms with E-state index in [1.165, 1.54) is 29.4 Å². The number of halogens is 2. The fraction of sp³-hybridized carbons (Fsp3) is 0.375. The minimum absolute atomic E-state index is 0.00956. The SMILES string of the molecule is O=C(Nc1cnn(-c2cc(F)cc(F)c2)c1)C1CCCCC1. The van der Waals surface area contributed by atoms with Gasteiger partial charge in [0.2, 0.25) is 5.91 Å². The van der Waals surface area contributed by atoms with Gasteiger partial charge < -0.3 is 5.32 Å². The Kier molecular flexibility index (Phi) is 4.18. The fourth-order valence-electron chi connectivity index (χ4n) is 2.81. The number of nitrogens with one attached hydrogen (secondary N) is 1. The van der Waals surface area contributed by atoms with Crippen LogP contribution in [0.25, 0.3) is 5.69 Å². The molecule has 1 saturated carbocycles. The van der Waals surface area contributed by atoms with E-state index in [1.54, 1.807) is 6.20 Å². The van der Waals surface area contributed by atoms with Gasteiger partial charge in [0.15, 0.2) is 0 Å². The molecule has 0 spiro atoms. The van der Waals surface area contributed by atoms with Crippen LogP contribution in [-0.2, 0) is 4.79 Å². The van der Waals surface area contributed by atoms with E-state index in [4.69, 9.17) is 0 Å². The van der Waals surface area contributed by atoms with Crippen LogP contribution in [0.3, 0.4) is 0 Å². The maximum atomic E-state index is 13.2. The summed E-state index contributed by atoms with van der Waals surface area (Å²) < 4.78 is 27.8. The van der Waals surface area contributed by atoms with Gasteiger partial charge in [-0.25, -0.2) is 13.5 Å². The van der Waals surface area contributed by atoms with Gasteiger partial charge in [-0.1, -0.05) is 19.3 Å². The van der Waals surface area contributed by atoms with Crippen LogP contribution < -0.4 is 5.32 Å². The third kappa shape index (κ3) is 3.32. The Morgan fingerprint density at radius 3 is 2.50 bits per heavy atom. The first kappa shape index (κ1) is 14.7. The molecule has 22 heavy (non-hydrogen) atoms. The second-order valence-corrected chi connectivity index (χ2v) is 5.63. The van der Waals surface area contributed by atoms with Crippen molar-refractivity contribution < 1.29 is 13.6 Å². The van der Waals surface area contributed by atoms with Crippen molar-refractivity contribution in [1.82, 2.24) is 9.78 Å². The standard InChI is InChI=1S/C16H17F2N3O/c17-12-6-13(18)8-15(7-12)21-10-14(9-19-21)20-16(22)11-4-2-1-3-5-11/h6-11H,1-5H2,(H,20,22). The van der Waals surface area contributed by atoms with E-state index in [9.17, 15) is 13.6 Å². The number of anilines is 1. The zero-order chi connectivity index (χ0) is 15.5. The van der Waals surface area contributed by atoms with Crippen LogP contribution >= 0.6 is 0 Å². The summed E-state index contributed by atoms with van der Waals surface area (Å²) in [6.45, 7) is 0. The van der Waals surface area contributed by atoms with Gasteiger partial charge in [-0.3, -0.25) is 4.79 Å². The Balaban J connectivity index is 1.72. The Morgan fingerprint density at radius 2 is 1.82 bits per heavy atom. The van der Waals surface area contributed by atoms with Gasteiger partial charge in [0, 0.05) is 12.0 Å². The summed E-state index contributed by atoms with van der Waals surface area (Å²) >= 11 is 0. The molecule has 116 valence electrons. The molecule has 0 atom stereocenters. The lowest BCUT2D eigenvalue weighted by atomic mass is 9.89. The maximum Gasteiger partial charge on any atom is 0.227 e. The van der Waals surface area contributed by atoms with Gasteiger partial charge >= 0.3 is 0 Å². The van der Waals surface area contributed by atoms with E-state index in [-0.39, 0.29) is 17.5 Å². The average molecular weight is 305 g/mol. The fourth-order valence-corrected chi connectivity index (χ4v) is 2.81. The van der Waals surface area contributed by atoms with Crippen LogP contribution in [-0.4, -0.2) is 15.7 Å². The molecule has 1 amide bonds. The second-order valence-electron chi connectivity index (χ2n) is 5.63. The van der Waals surface area contributed by atoms with E-state index in [1.807, 2.05) is 0 Å². The highest BCUT2D eigenvalue weighted by Crippen LogP contribution is 2.25. The second kappa shape index (κ2) is 6.25. The lowest BCUT2D eigenvalue weighted by Gasteiger charge is -2.20. The predicted octanol–water partition coefficient (Wildman–Crippen LogP) is 3.67. The molecule has 0 saturated heterocycles. The largest absolute Gasteiger partial charge is 0.323 e. The number of benzene rings is 1. The van der Waals surface area contributed by atoms with Crippen LogP contribution in [0.4, 0.5) is 14.5 Å². The molecule has 0 unspecified atom stereocenters. The molecule has 1 heterocycles. The highest BCUT2D eigenvalue weighted by molar-refractivity contribution is 5.92. The summed E-state index contributed by atoms with van der Waals surface area (Å²) in [4.78, 5) is 12.2. The van der Waals surface area contributed by atoms with Crippen molar-refractivity contribution in [3.05, 3.63) is 42.2 Å². The van der Waals surface area contributed by atoms with Crippen molar-refractivity contribution in [2.45, 2.75) is 32.1 Å². The van der Waals surface area contributed by atoms with Gasteiger partial charge in [-0.15, -0.1) is 0 Å². The van der Waals surface area contributed by atoms with E-state index in [0.717, 1.165) is 31.7 Å². The first-order valence-electron chi connectivity index (χ1n) is 7.44. The zero-order valence-electron chi connectivity index (χ0n) is 12.1. The van der Waals surface area contributed by atoms with E-state index < -0.39 is 11.6 Å². The molecule has 0 aliphatic heterocycles. The zero-order valence-corrected chi connectivity index (χ0v) is 12.1. The first-order chi connectivity index (χ1) is 10.6. The number of nitrogens with zero attached hydrogens (tertiary/aromatic N) is 2. The molecule has 0 radical (unpaired) electrons. The molecule has 4 nitrogen and oxygen atoms in total. The van der Waals surface area contributed by atoms with Crippen molar-refractivity contribution in [1.29, 1.82) is 0 Å². The summed E-state index contributed by atoms with van der Waals surface area (Å²) in [6, 6.07) is 3.17. The quantitative estimate of drug-likeness (QED) is 0.940. The number of carbonyl (C=O) groups is 1. The van der Waals surface area contributed by atoms with Gasteiger partial charge in [0.05, 0.1) is 23.8 Å². The van der Waals surface area contributed by atoms with Crippen molar-refractivity contribution in [2.75, 3.05) is 5.32 Å². The predicted molar refractivity (Wildman–Crippen MR) is 78.7 cm³/mol. The number of carbonyl (C=O) groups excluding carboxylic acids is 1. The minimum atomic E-state index is -0.668. The summed E-state index contributed by atoms with van der Waals surface area (Å²) in [7, 11) is 0. The van der Waals surface area contributed by atoms with Crippen LogP contribution in [0.1, 0.15) is 32.1 Å². The molecular formula is C16H17F2N3O. The van der Waals surface area contributed by atoms with Gasteiger partial charge in [-0.2, -0.15) is 5.10 Å². The first-order valence-corrected chi connectivity index (χ1v) is 7.44. The van der Waals surface area contributed by atoms with E-state index >= 15 is 0 Å². The summed E-state index contributed by atoms with van der Waals surface area (Å²) in [5.74, 6) is -1.30. The highest BCUT2D eigenvalue weighted by Gasteiger charge is 2.21. The lowest BCUT2D eigenvalue weighted by Crippen LogP contribution is -2.24. The molecule has 1 aliphatic carbocycles. The van der Waals surface area contributed by atoms with Crippen LogP contribution in [0.15, 0.2) is 30.6 Å². The third-order valence-corrected chi connectivity index (χ3v) is 3.94. The number of amides is 1. The van der Waals surface area contributed by atoms with Crippen LogP contribution in [0.5, 0.6) is 0 Å². The topological polar surface area (TPSA) is 46.9 Å². The Hall–Kier alpha value is -2.24. The summed E-state index contributed by atoms with van der Waals surface area (Å²) in [6.07, 6.45) is 8.20.